The number of nitrogens with one attached hydrogen (secondary N) is 2. The van der Waals surface area contributed by atoms with Crippen molar-refractivity contribution in [3.05, 3.63) is 65.2 Å². The van der Waals surface area contributed by atoms with Crippen LogP contribution in [-0.4, -0.2) is 19.0 Å². The molecule has 2 aromatic carbocycles. The van der Waals surface area contributed by atoms with Crippen LogP contribution in [0.3, 0.4) is 0 Å². The molecule has 3 rings (SSSR count). The van der Waals surface area contributed by atoms with Crippen molar-refractivity contribution >= 4 is 11.6 Å². The van der Waals surface area contributed by atoms with Gasteiger partial charge >= 0.3 is 0 Å². The fraction of sp³-hybridized carbons (Fsp3) is 0.350. The maximum Gasteiger partial charge on any atom is 0.255 e. The van der Waals surface area contributed by atoms with Crippen LogP contribution >= 0.6 is 0 Å². The molecule has 1 saturated heterocycles. The lowest BCUT2D eigenvalue weighted by Gasteiger charge is -2.10. The van der Waals surface area contributed by atoms with E-state index >= 15 is 0 Å². The van der Waals surface area contributed by atoms with Gasteiger partial charge in [-0.3, -0.25) is 4.79 Å². The zero-order chi connectivity index (χ0) is 16.1. The van der Waals surface area contributed by atoms with Gasteiger partial charge in [-0.15, -0.1) is 0 Å². The highest BCUT2D eigenvalue weighted by atomic mass is 16.1. The van der Waals surface area contributed by atoms with Crippen molar-refractivity contribution in [2.45, 2.75) is 32.1 Å². The van der Waals surface area contributed by atoms with E-state index in [1.54, 1.807) is 0 Å². The molecule has 1 atom stereocenters. The lowest BCUT2D eigenvalue weighted by atomic mass is 9.98. The Kier molecular flexibility index (Phi) is 5.09. The first kappa shape index (κ1) is 15.8. The normalized spacial score (nSPS) is 17.2. The lowest BCUT2D eigenvalue weighted by Crippen LogP contribution is -2.12. The fourth-order valence-corrected chi connectivity index (χ4v) is 3.09. The predicted molar refractivity (Wildman–Crippen MR) is 95.1 cm³/mol. The van der Waals surface area contributed by atoms with Gasteiger partial charge in [-0.25, -0.2) is 0 Å². The summed E-state index contributed by atoms with van der Waals surface area (Å²) in [5.41, 5.74) is 4.17. The first-order chi connectivity index (χ1) is 11.3. The summed E-state index contributed by atoms with van der Waals surface area (Å²) >= 11 is 0. The number of rotatable bonds is 5. The largest absolute Gasteiger partial charge is 0.322 e. The van der Waals surface area contributed by atoms with Crippen molar-refractivity contribution in [1.82, 2.24) is 5.32 Å². The number of benzene rings is 2. The van der Waals surface area contributed by atoms with E-state index in [1.807, 2.05) is 36.4 Å². The number of carbonyl (C=O) groups is 1. The minimum atomic E-state index is -0.0525. The number of hydrogen-bond donors (Lipinski definition) is 2. The van der Waals surface area contributed by atoms with E-state index in [2.05, 4.69) is 29.7 Å². The number of hydrogen-bond acceptors (Lipinski definition) is 2. The fourth-order valence-electron chi connectivity index (χ4n) is 3.09. The van der Waals surface area contributed by atoms with Crippen LogP contribution in [0.5, 0.6) is 0 Å². The highest BCUT2D eigenvalue weighted by molar-refractivity contribution is 6.04. The molecule has 1 aliphatic rings. The summed E-state index contributed by atoms with van der Waals surface area (Å²) in [6.07, 6.45) is 3.36. The molecule has 2 N–H and O–H groups in total. The van der Waals surface area contributed by atoms with Crippen molar-refractivity contribution in [3.63, 3.8) is 0 Å². The maximum absolute atomic E-state index is 12.3. The minimum Gasteiger partial charge on any atom is -0.322 e. The second-order valence-corrected chi connectivity index (χ2v) is 6.21. The van der Waals surface area contributed by atoms with Crippen LogP contribution in [0.1, 0.15) is 47.2 Å². The van der Waals surface area contributed by atoms with Gasteiger partial charge in [-0.1, -0.05) is 37.6 Å². The number of aryl methyl sites for hydroxylation is 1. The molecule has 0 spiro atoms. The van der Waals surface area contributed by atoms with Gasteiger partial charge in [0.25, 0.3) is 5.91 Å². The molecular weight excluding hydrogens is 284 g/mol. The summed E-state index contributed by atoms with van der Waals surface area (Å²) in [4.78, 5) is 12.3. The molecule has 0 radical (unpaired) electrons. The second kappa shape index (κ2) is 7.42. The third kappa shape index (κ3) is 3.99. The van der Waals surface area contributed by atoms with E-state index in [0.717, 1.165) is 31.6 Å². The Morgan fingerprint density at radius 1 is 1.13 bits per heavy atom. The molecule has 3 nitrogen and oxygen atoms in total. The van der Waals surface area contributed by atoms with Crippen molar-refractivity contribution in [2.75, 3.05) is 18.4 Å². The van der Waals surface area contributed by atoms with E-state index in [0.29, 0.717) is 11.5 Å². The van der Waals surface area contributed by atoms with Crippen LogP contribution < -0.4 is 10.6 Å². The molecule has 0 aliphatic carbocycles. The first-order valence-electron chi connectivity index (χ1n) is 8.47. The molecule has 0 bridgehead atoms. The van der Waals surface area contributed by atoms with Crippen molar-refractivity contribution in [3.8, 4) is 0 Å². The third-order valence-corrected chi connectivity index (χ3v) is 4.46. The SMILES string of the molecule is CCCc1ccc(C(=O)Nc2ccc([C@@H]3CCNC3)cc2)cc1. The van der Waals surface area contributed by atoms with Crippen molar-refractivity contribution in [2.24, 2.45) is 0 Å². The van der Waals surface area contributed by atoms with Gasteiger partial charge in [0.2, 0.25) is 0 Å². The van der Waals surface area contributed by atoms with Crippen LogP contribution in [0.4, 0.5) is 5.69 Å². The van der Waals surface area contributed by atoms with Gasteiger partial charge in [-0.2, -0.15) is 0 Å². The van der Waals surface area contributed by atoms with Crippen LogP contribution in [0.15, 0.2) is 48.5 Å². The molecule has 1 aliphatic heterocycles. The highest BCUT2D eigenvalue weighted by Crippen LogP contribution is 2.23. The molecule has 120 valence electrons. The number of carbonyl (C=O) groups excluding carboxylic acids is 1. The van der Waals surface area contributed by atoms with Crippen LogP contribution in [0, 0.1) is 0 Å². The molecule has 0 aromatic heterocycles. The van der Waals surface area contributed by atoms with E-state index in [9.17, 15) is 4.79 Å². The molecule has 1 amide bonds. The monoisotopic (exact) mass is 308 g/mol. The topological polar surface area (TPSA) is 41.1 Å². The van der Waals surface area contributed by atoms with E-state index in [-0.39, 0.29) is 5.91 Å². The average molecular weight is 308 g/mol. The molecule has 0 saturated carbocycles. The predicted octanol–water partition coefficient (Wildman–Crippen LogP) is 3.97. The lowest BCUT2D eigenvalue weighted by molar-refractivity contribution is 0.102. The summed E-state index contributed by atoms with van der Waals surface area (Å²) in [5, 5.41) is 6.36. The summed E-state index contributed by atoms with van der Waals surface area (Å²) in [7, 11) is 0. The van der Waals surface area contributed by atoms with E-state index in [1.165, 1.54) is 17.5 Å². The van der Waals surface area contributed by atoms with Crippen LogP contribution in [0.2, 0.25) is 0 Å². The zero-order valence-electron chi connectivity index (χ0n) is 13.6. The Labute approximate surface area is 138 Å². The van der Waals surface area contributed by atoms with Crippen LogP contribution in [-0.2, 0) is 6.42 Å². The summed E-state index contributed by atoms with van der Waals surface area (Å²) < 4.78 is 0. The molecular formula is C20H24N2O. The highest BCUT2D eigenvalue weighted by Gasteiger charge is 2.16. The summed E-state index contributed by atoms with van der Waals surface area (Å²) in [6.45, 7) is 4.30. The van der Waals surface area contributed by atoms with Gasteiger partial charge in [0, 0.05) is 17.8 Å². The van der Waals surface area contributed by atoms with Gasteiger partial charge < -0.3 is 10.6 Å². The number of amides is 1. The Bertz CT molecular complexity index is 640. The Morgan fingerprint density at radius 2 is 1.87 bits per heavy atom. The number of anilines is 1. The van der Waals surface area contributed by atoms with Crippen molar-refractivity contribution < 1.29 is 4.79 Å². The van der Waals surface area contributed by atoms with Gasteiger partial charge in [0.05, 0.1) is 0 Å². The van der Waals surface area contributed by atoms with Crippen molar-refractivity contribution in [1.29, 1.82) is 0 Å². The molecule has 3 heteroatoms. The Morgan fingerprint density at radius 3 is 2.48 bits per heavy atom. The first-order valence-corrected chi connectivity index (χ1v) is 8.47. The molecule has 2 aromatic rings. The van der Waals surface area contributed by atoms with Crippen LogP contribution in [0.25, 0.3) is 0 Å². The Hall–Kier alpha value is -2.13. The van der Waals surface area contributed by atoms with Gasteiger partial charge in [0.1, 0.15) is 0 Å². The van der Waals surface area contributed by atoms with Gasteiger partial charge in [0.15, 0.2) is 0 Å². The third-order valence-electron chi connectivity index (χ3n) is 4.46. The van der Waals surface area contributed by atoms with E-state index in [4.69, 9.17) is 0 Å². The average Bonchev–Trinajstić information content (AvgIpc) is 3.11. The minimum absolute atomic E-state index is 0.0525. The zero-order valence-corrected chi connectivity index (χ0v) is 13.6. The quantitative estimate of drug-likeness (QED) is 0.877. The molecule has 0 unspecified atom stereocenters. The van der Waals surface area contributed by atoms with E-state index < -0.39 is 0 Å². The smallest absolute Gasteiger partial charge is 0.255 e. The van der Waals surface area contributed by atoms with Gasteiger partial charge in [-0.05, 0) is 60.7 Å². The summed E-state index contributed by atoms with van der Waals surface area (Å²) in [5.74, 6) is 0.550. The Balaban J connectivity index is 1.62. The molecule has 23 heavy (non-hydrogen) atoms. The maximum atomic E-state index is 12.3. The second-order valence-electron chi connectivity index (χ2n) is 6.21. The molecule has 1 fully saturated rings. The molecule has 1 heterocycles. The summed E-state index contributed by atoms with van der Waals surface area (Å²) in [6, 6.07) is 16.1. The standard InChI is InChI=1S/C20H24N2O/c1-2-3-15-4-6-17(7-5-15)20(23)22-19-10-8-16(9-11-19)18-12-13-21-14-18/h4-11,18,21H,2-3,12-14H2,1H3,(H,22,23)/t18-/m1/s1.